The second-order valence-electron chi connectivity index (χ2n) is 15.0. The van der Waals surface area contributed by atoms with Gasteiger partial charge < -0.3 is 51.7 Å². The minimum absolute atomic E-state index is 0.244. The van der Waals surface area contributed by atoms with Crippen molar-refractivity contribution in [1.29, 1.82) is 0 Å². The number of hydrogen-bond acceptors (Lipinski definition) is 12. The Morgan fingerprint density at radius 1 is 0.365 bits per heavy atom. The Hall–Kier alpha value is -4.42. The summed E-state index contributed by atoms with van der Waals surface area (Å²) in [4.78, 5) is 39.8. The van der Waals surface area contributed by atoms with Crippen LogP contribution in [0.25, 0.3) is 0 Å². The number of benzene rings is 7. The van der Waals surface area contributed by atoms with E-state index < -0.39 is 61.4 Å². The third-order valence-electron chi connectivity index (χ3n) is 10.6. The molecule has 3 N–H and O–H groups in total. The van der Waals surface area contributed by atoms with Crippen LogP contribution in [-0.4, -0.2) is 82.9 Å². The fourth-order valence-corrected chi connectivity index (χ4v) is 39.1. The van der Waals surface area contributed by atoms with E-state index in [4.69, 9.17) is 37.3 Å². The van der Waals surface area contributed by atoms with E-state index in [-0.39, 0.29) is 10.4 Å². The van der Waals surface area contributed by atoms with Crippen LogP contribution in [0.5, 0.6) is 0 Å². The lowest BCUT2D eigenvalue weighted by molar-refractivity contribution is 0.0530. The lowest BCUT2D eigenvalue weighted by Crippen LogP contribution is -2.88. The maximum absolute atomic E-state index is 13.7. The van der Waals surface area contributed by atoms with E-state index in [0.717, 1.165) is 0 Å². The highest BCUT2D eigenvalue weighted by Crippen LogP contribution is 2.38. The van der Waals surface area contributed by atoms with Gasteiger partial charge in [-0.05, 0) is 11.7 Å². The Morgan fingerprint density at radius 2 is 0.667 bits per heavy atom. The summed E-state index contributed by atoms with van der Waals surface area (Å²) in [7, 11) is -32.0. The first-order chi connectivity index (χ1) is 30.5. The molecule has 12 nitrogen and oxygen atoms in total. The van der Waals surface area contributed by atoms with Crippen LogP contribution in [0.2, 0.25) is 6.55 Å². The molecule has 2 saturated heterocycles. The van der Waals surface area contributed by atoms with Gasteiger partial charge in [-0.3, -0.25) is 0 Å². The maximum Gasteiger partial charge on any atom is 0.522 e. The Labute approximate surface area is 373 Å². The zero-order chi connectivity index (χ0) is 43.7. The van der Waals surface area contributed by atoms with Crippen LogP contribution in [0.1, 0.15) is 0 Å². The van der Waals surface area contributed by atoms with E-state index >= 15 is 0 Å². The van der Waals surface area contributed by atoms with Gasteiger partial charge in [-0.25, -0.2) is 0 Å². The van der Waals surface area contributed by atoms with Crippen LogP contribution in [0.3, 0.4) is 0 Å². The first-order valence-electron chi connectivity index (χ1n) is 20.2. The van der Waals surface area contributed by atoms with Gasteiger partial charge in [0.05, 0.1) is 0 Å². The van der Waals surface area contributed by atoms with Gasteiger partial charge in [-0.15, -0.1) is 0 Å². The van der Waals surface area contributed by atoms with Gasteiger partial charge in [0.2, 0.25) is 0 Å². The molecule has 7 aromatic carbocycles. The predicted molar refractivity (Wildman–Crippen MR) is 251 cm³/mol. The monoisotopic (exact) mass is 960 g/mol. The Kier molecular flexibility index (Phi) is 12.2. The summed E-state index contributed by atoms with van der Waals surface area (Å²) in [6.45, 7) is 1.62. The normalized spacial score (nSPS) is 29.5. The summed E-state index contributed by atoms with van der Waals surface area (Å²) in [6, 6.07) is 62.2. The first-order valence-corrected chi connectivity index (χ1v) is 33.0. The minimum atomic E-state index is -5.06. The van der Waals surface area contributed by atoms with Gasteiger partial charge in [-0.1, -0.05) is 212 Å². The largest absolute Gasteiger partial charge is 0.522 e. The van der Waals surface area contributed by atoms with Gasteiger partial charge in [0.25, 0.3) is 0 Å². The van der Waals surface area contributed by atoms with E-state index in [9.17, 15) is 14.4 Å². The molecule has 9 rings (SSSR count). The summed E-state index contributed by atoms with van der Waals surface area (Å²) < 4.78 is 65.8. The van der Waals surface area contributed by atoms with Crippen molar-refractivity contribution in [2.75, 3.05) is 7.11 Å². The molecule has 2 aliphatic rings. The molecule has 7 unspecified atom stereocenters. The second-order valence-corrected chi connectivity index (χ2v) is 34.7. The average Bonchev–Trinajstić information content (AvgIpc) is 3.32. The van der Waals surface area contributed by atoms with Crippen LogP contribution >= 0.6 is 0 Å². The zero-order valence-electron chi connectivity index (χ0n) is 34.2. The molecule has 0 aliphatic carbocycles. The van der Waals surface area contributed by atoms with Crippen molar-refractivity contribution in [2.45, 2.75) is 6.55 Å². The topological polar surface area (TPSA) is 144 Å². The Balaban J connectivity index is 1.41. The fourth-order valence-electron chi connectivity index (χ4n) is 7.53. The summed E-state index contributed by atoms with van der Waals surface area (Å²) in [5.41, 5.74) is 0. The molecule has 2 bridgehead atoms. The van der Waals surface area contributed by atoms with Crippen molar-refractivity contribution in [2.24, 2.45) is 0 Å². The molecule has 0 spiro atoms. The van der Waals surface area contributed by atoms with Crippen molar-refractivity contribution in [3.8, 4) is 0 Å². The van der Waals surface area contributed by atoms with Crippen molar-refractivity contribution < 1.29 is 51.7 Å². The second kappa shape index (κ2) is 17.5. The number of rotatable bonds is 10. The molecular formula is C44H44O12Si7. The molecule has 0 radical (unpaired) electrons. The third-order valence-corrected chi connectivity index (χ3v) is 36.7. The highest BCUT2D eigenvalue weighted by molar-refractivity contribution is 7.07. The molecule has 0 amide bonds. The molecule has 7 aromatic rings. The Morgan fingerprint density at radius 3 is 1.06 bits per heavy atom. The Bertz CT molecular complexity index is 2600. The lowest BCUT2D eigenvalue weighted by Gasteiger charge is -2.54. The molecule has 19 heteroatoms. The third kappa shape index (κ3) is 8.51. The summed E-state index contributed by atoms with van der Waals surface area (Å²) >= 11 is 0. The van der Waals surface area contributed by atoms with Gasteiger partial charge in [0.1, 0.15) is 0 Å². The highest BCUT2D eigenvalue weighted by Gasteiger charge is 2.76. The van der Waals surface area contributed by atoms with Crippen LogP contribution in [-0.2, 0) is 37.3 Å². The number of hydrogen-bond donors (Lipinski definition) is 3. The maximum atomic E-state index is 13.7. The molecule has 2 aliphatic heterocycles. The average molecular weight is 961 g/mol. The van der Waals surface area contributed by atoms with E-state index in [1.807, 2.05) is 60.7 Å². The van der Waals surface area contributed by atoms with E-state index in [2.05, 4.69) is 0 Å². The van der Waals surface area contributed by atoms with Gasteiger partial charge >= 0.3 is 61.4 Å². The van der Waals surface area contributed by atoms with Crippen LogP contribution in [0.15, 0.2) is 212 Å². The smallest absolute Gasteiger partial charge is 0.408 e. The molecular weight excluding hydrogens is 917 g/mol. The molecule has 63 heavy (non-hydrogen) atoms. The predicted octanol–water partition coefficient (Wildman–Crippen LogP) is 1.83. The van der Waals surface area contributed by atoms with E-state index in [0.29, 0.717) is 25.9 Å². The van der Waals surface area contributed by atoms with Crippen LogP contribution < -0.4 is 36.3 Å². The fraction of sp³-hybridized carbons (Fsp3) is 0.0455. The first kappa shape index (κ1) is 43.8. The lowest BCUT2D eigenvalue weighted by atomic mass is 10.4. The van der Waals surface area contributed by atoms with Gasteiger partial charge in [-0.2, -0.15) is 0 Å². The van der Waals surface area contributed by atoms with Crippen molar-refractivity contribution in [3.63, 3.8) is 0 Å². The van der Waals surface area contributed by atoms with Crippen LogP contribution in [0.4, 0.5) is 0 Å². The van der Waals surface area contributed by atoms with Gasteiger partial charge in [0.15, 0.2) is 0 Å². The SMILES string of the molecule is CO[Si]1(c2ccccc2)O[Si](O)(c2ccccc2)O[Si]2(c3ccccc3)O[Si](O)(c3ccccc3)O[Si](O[Si](C)(O)c3ccccc3)(c3ccccc3)O[Si](c3ccccc3)(O1)O2. The standard InChI is InChI=1S/C44H44O12Si7/c1-48-60(41-30-16-6-17-31-41)50-58(46,39-26-12-4-13-27-39)52-62(43-34-20-8-21-35-43)53-59(47,40-28-14-5-15-29-40)51-61(42-32-18-7-19-33-42,49-57(2,45)38-24-10-3-11-25-38)55-63(54-60,56-62)44-36-22-9-23-37-44/h3-37,45-47H,1-2H3. The molecule has 2 heterocycles. The molecule has 0 saturated carbocycles. The summed E-state index contributed by atoms with van der Waals surface area (Å²) in [5, 5.41) is 2.61. The van der Waals surface area contributed by atoms with Crippen LogP contribution in [0, 0.1) is 0 Å². The molecule has 0 aromatic heterocycles. The zero-order valence-corrected chi connectivity index (χ0v) is 41.2. The number of fused-ring (bicyclic) bond motifs is 2. The highest BCUT2D eigenvalue weighted by atomic mass is 28.6. The summed E-state index contributed by atoms with van der Waals surface area (Å²) in [6.07, 6.45) is 0. The molecule has 7 atom stereocenters. The minimum Gasteiger partial charge on any atom is -0.408 e. The van der Waals surface area contributed by atoms with E-state index in [1.165, 1.54) is 7.11 Å². The van der Waals surface area contributed by atoms with Crippen molar-refractivity contribution in [1.82, 2.24) is 0 Å². The van der Waals surface area contributed by atoms with Crippen molar-refractivity contribution >= 4 is 97.7 Å². The van der Waals surface area contributed by atoms with E-state index in [1.54, 1.807) is 158 Å². The summed E-state index contributed by atoms with van der Waals surface area (Å²) in [5.74, 6) is 0. The van der Waals surface area contributed by atoms with Crippen molar-refractivity contribution in [3.05, 3.63) is 212 Å². The molecule has 320 valence electrons. The van der Waals surface area contributed by atoms with Gasteiger partial charge in [0, 0.05) is 38.2 Å². The molecule has 2 fully saturated rings. The quantitative estimate of drug-likeness (QED) is 0.172.